The molecule has 7 heteroatoms. The minimum atomic E-state index is -1.07. The molecule has 0 aliphatic carbocycles. The number of esters is 1. The van der Waals surface area contributed by atoms with Crippen LogP contribution in [-0.2, 0) is 16.1 Å². The van der Waals surface area contributed by atoms with Gasteiger partial charge in [-0.25, -0.2) is 4.79 Å². The summed E-state index contributed by atoms with van der Waals surface area (Å²) in [7, 11) is 0. The number of hydrogen-bond donors (Lipinski definition) is 1. The van der Waals surface area contributed by atoms with E-state index in [-0.39, 0.29) is 25.7 Å². The van der Waals surface area contributed by atoms with Crippen molar-refractivity contribution < 1.29 is 24.2 Å². The molecule has 0 bridgehead atoms. The summed E-state index contributed by atoms with van der Waals surface area (Å²) in [6, 6.07) is 13.6. The van der Waals surface area contributed by atoms with Gasteiger partial charge in [0.2, 0.25) is 0 Å². The molecule has 1 N–H and O–H groups in total. The standard InChI is InChI=1S/C18H18ClNO5/c1-13(21)25-12-14-2-8-17(9-3-14)24-11-10-20(18(22)23)16-6-4-15(19)5-7-16/h2-9H,10-12H2,1H3,(H,22,23). The first kappa shape index (κ1) is 18.6. The molecule has 0 fully saturated rings. The fourth-order valence-electron chi connectivity index (χ4n) is 2.08. The number of amides is 1. The smallest absolute Gasteiger partial charge is 0.411 e. The molecule has 0 atom stereocenters. The van der Waals surface area contributed by atoms with Crippen LogP contribution in [0.4, 0.5) is 10.5 Å². The SMILES string of the molecule is CC(=O)OCc1ccc(OCCN(C(=O)O)c2ccc(Cl)cc2)cc1. The van der Waals surface area contributed by atoms with Crippen molar-refractivity contribution in [2.75, 3.05) is 18.1 Å². The number of nitrogens with zero attached hydrogens (tertiary/aromatic N) is 1. The van der Waals surface area contributed by atoms with Gasteiger partial charge in [-0.1, -0.05) is 23.7 Å². The van der Waals surface area contributed by atoms with Gasteiger partial charge in [0.1, 0.15) is 19.0 Å². The maximum atomic E-state index is 11.4. The molecule has 1 amide bonds. The third kappa shape index (κ3) is 6.00. The zero-order valence-corrected chi connectivity index (χ0v) is 14.4. The molecule has 6 nitrogen and oxygen atoms in total. The maximum absolute atomic E-state index is 11.4. The molecule has 0 heterocycles. The summed E-state index contributed by atoms with van der Waals surface area (Å²) in [5.74, 6) is 0.268. The van der Waals surface area contributed by atoms with Gasteiger partial charge in [-0.3, -0.25) is 9.69 Å². The molecule has 25 heavy (non-hydrogen) atoms. The van der Waals surface area contributed by atoms with E-state index in [0.717, 1.165) is 5.56 Å². The predicted octanol–water partition coefficient (Wildman–Crippen LogP) is 3.97. The van der Waals surface area contributed by atoms with E-state index in [1.165, 1.54) is 11.8 Å². The summed E-state index contributed by atoms with van der Waals surface area (Å²) >= 11 is 5.81. The van der Waals surface area contributed by atoms with Gasteiger partial charge >= 0.3 is 12.1 Å². The molecule has 0 spiro atoms. The number of hydrogen-bond acceptors (Lipinski definition) is 4. The second-order valence-corrected chi connectivity index (χ2v) is 5.62. The van der Waals surface area contributed by atoms with Crippen LogP contribution in [0.15, 0.2) is 48.5 Å². The van der Waals surface area contributed by atoms with Crippen LogP contribution in [0.2, 0.25) is 5.02 Å². The van der Waals surface area contributed by atoms with Crippen molar-refractivity contribution >= 4 is 29.4 Å². The van der Waals surface area contributed by atoms with Crippen LogP contribution in [0, 0.1) is 0 Å². The van der Waals surface area contributed by atoms with Crippen LogP contribution in [-0.4, -0.2) is 30.3 Å². The van der Waals surface area contributed by atoms with E-state index in [0.29, 0.717) is 16.5 Å². The zero-order chi connectivity index (χ0) is 18.2. The Morgan fingerprint density at radius 1 is 1.08 bits per heavy atom. The van der Waals surface area contributed by atoms with Gasteiger partial charge < -0.3 is 14.6 Å². The first-order chi connectivity index (χ1) is 12.0. The van der Waals surface area contributed by atoms with Crippen LogP contribution in [0.25, 0.3) is 0 Å². The lowest BCUT2D eigenvalue weighted by Crippen LogP contribution is -2.33. The summed E-state index contributed by atoms with van der Waals surface area (Å²) < 4.78 is 10.5. The number of benzene rings is 2. The highest BCUT2D eigenvalue weighted by atomic mass is 35.5. The maximum Gasteiger partial charge on any atom is 0.411 e. The van der Waals surface area contributed by atoms with Gasteiger partial charge in [-0.05, 0) is 42.0 Å². The molecule has 0 radical (unpaired) electrons. The summed E-state index contributed by atoms with van der Waals surface area (Å²) in [6.07, 6.45) is -1.07. The van der Waals surface area contributed by atoms with Gasteiger partial charge in [0.15, 0.2) is 0 Å². The summed E-state index contributed by atoms with van der Waals surface area (Å²) in [6.45, 7) is 1.93. The van der Waals surface area contributed by atoms with E-state index < -0.39 is 6.09 Å². The normalized spacial score (nSPS) is 10.2. The average molecular weight is 364 g/mol. The van der Waals surface area contributed by atoms with E-state index in [2.05, 4.69) is 0 Å². The molecule has 0 saturated heterocycles. The number of carbonyl (C=O) groups is 2. The van der Waals surface area contributed by atoms with E-state index in [1.54, 1.807) is 48.5 Å². The molecular weight excluding hydrogens is 346 g/mol. The number of anilines is 1. The third-order valence-corrected chi connectivity index (χ3v) is 3.57. The Morgan fingerprint density at radius 2 is 1.72 bits per heavy atom. The molecule has 0 aliphatic rings. The molecule has 0 saturated carbocycles. The van der Waals surface area contributed by atoms with Gasteiger partial charge in [-0.2, -0.15) is 0 Å². The van der Waals surface area contributed by atoms with Crippen LogP contribution in [0.5, 0.6) is 5.75 Å². The number of halogens is 1. The minimum absolute atomic E-state index is 0.173. The summed E-state index contributed by atoms with van der Waals surface area (Å²) in [5, 5.41) is 9.87. The van der Waals surface area contributed by atoms with Crippen molar-refractivity contribution in [3.05, 3.63) is 59.1 Å². The minimum Gasteiger partial charge on any atom is -0.492 e. The first-order valence-corrected chi connectivity index (χ1v) is 7.94. The second-order valence-electron chi connectivity index (χ2n) is 5.18. The fourth-order valence-corrected chi connectivity index (χ4v) is 2.20. The van der Waals surface area contributed by atoms with Gasteiger partial charge in [0.05, 0.1) is 6.54 Å². The fraction of sp³-hybridized carbons (Fsp3) is 0.222. The molecule has 0 aliphatic heterocycles. The Hall–Kier alpha value is -2.73. The van der Waals surface area contributed by atoms with Crippen molar-refractivity contribution in [2.45, 2.75) is 13.5 Å². The van der Waals surface area contributed by atoms with E-state index in [9.17, 15) is 14.7 Å². The highest BCUT2D eigenvalue weighted by Gasteiger charge is 2.14. The van der Waals surface area contributed by atoms with Gasteiger partial charge in [0, 0.05) is 17.6 Å². The Kier molecular flexibility index (Phi) is 6.65. The number of carboxylic acid groups (broad SMARTS) is 1. The molecule has 132 valence electrons. The van der Waals surface area contributed by atoms with E-state index in [4.69, 9.17) is 21.1 Å². The topological polar surface area (TPSA) is 76.1 Å². The summed E-state index contributed by atoms with van der Waals surface area (Å²) in [5.41, 5.74) is 1.37. The Morgan fingerprint density at radius 3 is 2.28 bits per heavy atom. The quantitative estimate of drug-likeness (QED) is 0.753. The van der Waals surface area contributed by atoms with Gasteiger partial charge in [-0.15, -0.1) is 0 Å². The Labute approximate surface area is 150 Å². The monoisotopic (exact) mass is 363 g/mol. The lowest BCUT2D eigenvalue weighted by Gasteiger charge is -2.19. The van der Waals surface area contributed by atoms with Crippen LogP contribution in [0.1, 0.15) is 12.5 Å². The molecule has 2 aromatic carbocycles. The zero-order valence-electron chi connectivity index (χ0n) is 13.6. The van der Waals surface area contributed by atoms with Crippen molar-refractivity contribution in [2.24, 2.45) is 0 Å². The van der Waals surface area contributed by atoms with Crippen molar-refractivity contribution in [3.63, 3.8) is 0 Å². The van der Waals surface area contributed by atoms with E-state index >= 15 is 0 Å². The highest BCUT2D eigenvalue weighted by molar-refractivity contribution is 6.30. The predicted molar refractivity (Wildman–Crippen MR) is 94.2 cm³/mol. The Bertz CT molecular complexity index is 715. The molecule has 0 aromatic heterocycles. The van der Waals surface area contributed by atoms with Crippen LogP contribution in [0.3, 0.4) is 0 Å². The van der Waals surface area contributed by atoms with Crippen LogP contribution < -0.4 is 9.64 Å². The second kappa shape index (κ2) is 8.94. The lowest BCUT2D eigenvalue weighted by atomic mass is 10.2. The first-order valence-electron chi connectivity index (χ1n) is 7.57. The lowest BCUT2D eigenvalue weighted by molar-refractivity contribution is -0.142. The van der Waals surface area contributed by atoms with Crippen molar-refractivity contribution in [3.8, 4) is 5.75 Å². The average Bonchev–Trinajstić information content (AvgIpc) is 2.58. The highest BCUT2D eigenvalue weighted by Crippen LogP contribution is 2.18. The molecule has 2 aromatic rings. The van der Waals surface area contributed by atoms with Crippen LogP contribution >= 0.6 is 11.6 Å². The third-order valence-electron chi connectivity index (χ3n) is 3.32. The number of ether oxygens (including phenoxy) is 2. The van der Waals surface area contributed by atoms with Crippen molar-refractivity contribution in [1.82, 2.24) is 0 Å². The van der Waals surface area contributed by atoms with Gasteiger partial charge in [0.25, 0.3) is 0 Å². The molecule has 2 rings (SSSR count). The molecular formula is C18H18ClNO5. The Balaban J connectivity index is 1.88. The number of rotatable bonds is 7. The number of carbonyl (C=O) groups excluding carboxylic acids is 1. The largest absolute Gasteiger partial charge is 0.492 e. The van der Waals surface area contributed by atoms with E-state index in [1.807, 2.05) is 0 Å². The molecule has 0 unspecified atom stereocenters. The van der Waals surface area contributed by atoms with Crippen molar-refractivity contribution in [1.29, 1.82) is 0 Å². The summed E-state index contributed by atoms with van der Waals surface area (Å²) in [4.78, 5) is 23.4.